The highest BCUT2D eigenvalue weighted by Gasteiger charge is 2.23. The monoisotopic (exact) mass is 284 g/mol. The fourth-order valence-corrected chi connectivity index (χ4v) is 1.66. The van der Waals surface area contributed by atoms with Crippen molar-refractivity contribution in [2.45, 2.75) is 25.6 Å². The summed E-state index contributed by atoms with van der Waals surface area (Å²) >= 11 is 0. The number of halogens is 2. The maximum Gasteiger partial charge on any atom is 0.216 e. The van der Waals surface area contributed by atoms with Gasteiger partial charge in [0, 0.05) is 19.0 Å². The van der Waals surface area contributed by atoms with Crippen molar-refractivity contribution in [3.63, 3.8) is 0 Å². The van der Waals surface area contributed by atoms with Crippen LogP contribution < -0.4 is 5.32 Å². The summed E-state index contributed by atoms with van der Waals surface area (Å²) in [5.74, 6) is -2.71. The Morgan fingerprint density at radius 2 is 2.00 bits per heavy atom. The quantitative estimate of drug-likeness (QED) is 0.744. The predicted molar refractivity (Wildman–Crippen MR) is 65.3 cm³/mol. The van der Waals surface area contributed by atoms with Gasteiger partial charge in [0.05, 0.1) is 17.7 Å². The van der Waals surface area contributed by atoms with E-state index in [2.05, 4.69) is 5.32 Å². The van der Waals surface area contributed by atoms with Crippen LogP contribution in [-0.2, 0) is 4.79 Å². The highest BCUT2D eigenvalue weighted by molar-refractivity contribution is 5.72. The molecule has 0 fully saturated rings. The minimum atomic E-state index is -1.55. The van der Waals surface area contributed by atoms with Crippen LogP contribution in [0.5, 0.6) is 0 Å². The van der Waals surface area contributed by atoms with Crippen molar-refractivity contribution >= 4 is 5.91 Å². The van der Waals surface area contributed by atoms with Gasteiger partial charge in [-0.1, -0.05) is 0 Å². The van der Waals surface area contributed by atoms with Crippen LogP contribution in [0.25, 0.3) is 0 Å². The molecule has 0 heterocycles. The van der Waals surface area contributed by atoms with Crippen LogP contribution in [0.3, 0.4) is 0 Å². The van der Waals surface area contributed by atoms with Crippen molar-refractivity contribution in [2.24, 2.45) is 0 Å². The van der Waals surface area contributed by atoms with Gasteiger partial charge in [0.2, 0.25) is 5.91 Å². The van der Waals surface area contributed by atoms with Crippen LogP contribution in [0.2, 0.25) is 0 Å². The molecule has 0 aliphatic rings. The highest BCUT2D eigenvalue weighted by atomic mass is 19.2. The molecule has 108 valence electrons. The van der Waals surface area contributed by atoms with Gasteiger partial charge in [-0.3, -0.25) is 4.79 Å². The fraction of sp³-hybridized carbons (Fsp3) is 0.385. The smallest absolute Gasteiger partial charge is 0.216 e. The molecule has 0 aromatic heterocycles. The molecule has 1 rings (SSSR count). The highest BCUT2D eigenvalue weighted by Crippen LogP contribution is 2.24. The molecule has 0 aliphatic carbocycles. The lowest BCUT2D eigenvalue weighted by Gasteiger charge is -2.19. The number of aliphatic hydroxyl groups is 2. The molecule has 1 aromatic rings. The molecule has 2 unspecified atom stereocenters. The van der Waals surface area contributed by atoms with Gasteiger partial charge in [0.25, 0.3) is 0 Å². The van der Waals surface area contributed by atoms with Crippen LogP contribution >= 0.6 is 0 Å². The summed E-state index contributed by atoms with van der Waals surface area (Å²) in [6.07, 6.45) is -2.86. The van der Waals surface area contributed by atoms with Crippen molar-refractivity contribution in [2.75, 3.05) is 6.54 Å². The zero-order valence-electron chi connectivity index (χ0n) is 10.7. The summed E-state index contributed by atoms with van der Waals surface area (Å²) < 4.78 is 26.1. The zero-order chi connectivity index (χ0) is 15.3. The average Bonchev–Trinajstić information content (AvgIpc) is 2.39. The normalized spacial score (nSPS) is 13.4. The summed E-state index contributed by atoms with van der Waals surface area (Å²) in [4.78, 5) is 10.7. The second kappa shape index (κ2) is 6.93. The maximum absolute atomic E-state index is 13.1. The number of carbonyl (C=O) groups is 1. The first-order valence-corrected chi connectivity index (χ1v) is 5.86. The summed E-state index contributed by atoms with van der Waals surface area (Å²) in [5.41, 5.74) is -0.447. The number of nitrogens with zero attached hydrogens (tertiary/aromatic N) is 1. The van der Waals surface area contributed by atoms with Gasteiger partial charge in [-0.05, 0) is 18.6 Å². The Balaban J connectivity index is 2.86. The fourth-order valence-electron chi connectivity index (χ4n) is 1.66. The number of nitriles is 1. The van der Waals surface area contributed by atoms with Gasteiger partial charge in [0.1, 0.15) is 6.10 Å². The number of amides is 1. The van der Waals surface area contributed by atoms with E-state index in [1.165, 1.54) is 6.92 Å². The molecule has 0 spiro atoms. The number of rotatable bonds is 5. The molecular formula is C13H14F2N2O3. The number of carbonyl (C=O) groups excluding carboxylic acids is 1. The van der Waals surface area contributed by atoms with E-state index in [9.17, 15) is 23.8 Å². The van der Waals surface area contributed by atoms with Gasteiger partial charge >= 0.3 is 0 Å². The lowest BCUT2D eigenvalue weighted by Crippen LogP contribution is -2.28. The van der Waals surface area contributed by atoms with Gasteiger partial charge in [-0.25, -0.2) is 8.78 Å². The van der Waals surface area contributed by atoms with Gasteiger partial charge < -0.3 is 15.5 Å². The third kappa shape index (κ3) is 3.98. The van der Waals surface area contributed by atoms with Gasteiger partial charge in [-0.15, -0.1) is 0 Å². The van der Waals surface area contributed by atoms with Crippen LogP contribution in [-0.4, -0.2) is 28.8 Å². The molecule has 0 radical (unpaired) electrons. The first-order valence-electron chi connectivity index (χ1n) is 5.86. The number of aliphatic hydroxyl groups excluding tert-OH is 2. The summed E-state index contributed by atoms with van der Waals surface area (Å²) in [6.45, 7) is 1.41. The van der Waals surface area contributed by atoms with E-state index < -0.39 is 23.8 Å². The second-order valence-electron chi connectivity index (χ2n) is 4.25. The molecule has 0 bridgehead atoms. The van der Waals surface area contributed by atoms with Crippen molar-refractivity contribution in [3.05, 3.63) is 34.9 Å². The van der Waals surface area contributed by atoms with Gasteiger partial charge in [0.15, 0.2) is 11.6 Å². The van der Waals surface area contributed by atoms with E-state index in [0.717, 1.165) is 0 Å². The predicted octanol–water partition coefficient (Wildman–Crippen LogP) is 0.757. The number of hydrogen-bond acceptors (Lipinski definition) is 4. The molecule has 3 N–H and O–H groups in total. The molecule has 20 heavy (non-hydrogen) atoms. The summed E-state index contributed by atoms with van der Waals surface area (Å²) in [5, 5.41) is 30.9. The lowest BCUT2D eigenvalue weighted by atomic mass is 9.97. The number of hydrogen-bond donors (Lipinski definition) is 3. The summed E-state index contributed by atoms with van der Waals surface area (Å²) in [7, 11) is 0. The van der Waals surface area contributed by atoms with E-state index in [-0.39, 0.29) is 30.0 Å². The van der Waals surface area contributed by atoms with E-state index in [1.807, 2.05) is 0 Å². The SMILES string of the molecule is CC(=O)NCCC(O)C(O)c1cc(F)c(F)cc1C#N. The Bertz CT molecular complexity index is 543. The van der Waals surface area contributed by atoms with Gasteiger partial charge in [-0.2, -0.15) is 5.26 Å². The molecule has 0 aliphatic heterocycles. The van der Waals surface area contributed by atoms with Crippen LogP contribution in [0.1, 0.15) is 30.6 Å². The van der Waals surface area contributed by atoms with E-state index in [4.69, 9.17) is 5.26 Å². The molecule has 7 heteroatoms. The molecule has 0 saturated carbocycles. The first kappa shape index (κ1) is 16.0. The largest absolute Gasteiger partial charge is 0.390 e. The topological polar surface area (TPSA) is 93.3 Å². The van der Waals surface area contributed by atoms with Crippen molar-refractivity contribution < 1.29 is 23.8 Å². The van der Waals surface area contributed by atoms with E-state index in [1.54, 1.807) is 6.07 Å². The minimum Gasteiger partial charge on any atom is -0.390 e. The Kier molecular flexibility index (Phi) is 5.55. The van der Waals surface area contributed by atoms with Crippen molar-refractivity contribution in [1.82, 2.24) is 5.32 Å². The molecular weight excluding hydrogens is 270 g/mol. The summed E-state index contributed by atoms with van der Waals surface area (Å²) in [6, 6.07) is 2.97. The second-order valence-corrected chi connectivity index (χ2v) is 4.25. The lowest BCUT2D eigenvalue weighted by molar-refractivity contribution is -0.119. The zero-order valence-corrected chi connectivity index (χ0v) is 10.7. The minimum absolute atomic E-state index is 0.00457. The number of nitrogens with one attached hydrogen (secondary N) is 1. The molecule has 1 amide bonds. The van der Waals surface area contributed by atoms with Crippen LogP contribution in [0, 0.1) is 23.0 Å². The Morgan fingerprint density at radius 3 is 2.55 bits per heavy atom. The van der Waals surface area contributed by atoms with Crippen molar-refractivity contribution in [3.8, 4) is 6.07 Å². The average molecular weight is 284 g/mol. The third-order valence-electron chi connectivity index (χ3n) is 2.71. The molecule has 0 saturated heterocycles. The van der Waals surface area contributed by atoms with Crippen LogP contribution in [0.15, 0.2) is 12.1 Å². The maximum atomic E-state index is 13.1. The van der Waals surface area contributed by atoms with E-state index >= 15 is 0 Å². The Hall–Kier alpha value is -2.04. The molecule has 2 atom stereocenters. The van der Waals surface area contributed by atoms with Crippen LogP contribution in [0.4, 0.5) is 8.78 Å². The van der Waals surface area contributed by atoms with Crippen molar-refractivity contribution in [1.29, 1.82) is 5.26 Å². The number of benzene rings is 1. The standard InChI is InChI=1S/C13H14F2N2O3/c1-7(18)17-3-2-12(19)13(20)9-5-11(15)10(14)4-8(9)6-16/h4-5,12-13,19-20H,2-3H2,1H3,(H,17,18). The first-order chi connectivity index (χ1) is 9.36. The third-order valence-corrected chi connectivity index (χ3v) is 2.71. The van der Waals surface area contributed by atoms with E-state index in [0.29, 0.717) is 12.1 Å². The molecule has 5 nitrogen and oxygen atoms in total. The Labute approximate surface area is 114 Å². The molecule has 1 aromatic carbocycles. The Morgan fingerprint density at radius 1 is 1.40 bits per heavy atom.